The lowest BCUT2D eigenvalue weighted by molar-refractivity contribution is 0.483. The SMILES string of the molecule is CC(C)(C)c1cccc(C(C)(C)c2ccc(C(C)(C)C)c(C(C)(C)C)c2C(C)(C)C)c1. The van der Waals surface area contributed by atoms with Crippen LogP contribution >= 0.6 is 0 Å². The van der Waals surface area contributed by atoms with Crippen molar-refractivity contribution in [2.45, 2.75) is 124 Å². The number of rotatable bonds is 2. The number of benzene rings is 2. The molecular weight excluding hydrogens is 372 g/mol. The average molecular weight is 421 g/mol. The van der Waals surface area contributed by atoms with E-state index >= 15 is 0 Å². The molecule has 0 heteroatoms. The highest BCUT2D eigenvalue weighted by Gasteiger charge is 2.37. The molecule has 0 aliphatic carbocycles. The summed E-state index contributed by atoms with van der Waals surface area (Å²) < 4.78 is 0. The third kappa shape index (κ3) is 5.27. The van der Waals surface area contributed by atoms with Gasteiger partial charge in [-0.2, -0.15) is 0 Å². The first kappa shape index (κ1) is 25.7. The number of hydrogen-bond acceptors (Lipinski definition) is 0. The van der Waals surface area contributed by atoms with Crippen molar-refractivity contribution in [3.8, 4) is 0 Å². The van der Waals surface area contributed by atoms with Gasteiger partial charge in [0.05, 0.1) is 0 Å². The molecule has 0 saturated carbocycles. The van der Waals surface area contributed by atoms with Gasteiger partial charge >= 0.3 is 0 Å². The van der Waals surface area contributed by atoms with Crippen molar-refractivity contribution in [2.24, 2.45) is 0 Å². The maximum atomic E-state index is 2.43. The fraction of sp³-hybridized carbons (Fsp3) is 0.613. The molecule has 0 fully saturated rings. The minimum Gasteiger partial charge on any atom is -0.0617 e. The molecular formula is C31H48. The summed E-state index contributed by atoms with van der Waals surface area (Å²) in [6.45, 7) is 33.0. The summed E-state index contributed by atoms with van der Waals surface area (Å²) in [5.41, 5.74) is 9.10. The Kier molecular flexibility index (Phi) is 6.46. The van der Waals surface area contributed by atoms with Crippen LogP contribution in [-0.2, 0) is 27.1 Å². The standard InChI is InChI=1S/C31H48/c1-27(2,3)21-16-15-17-22(20-21)31(13,14)24-19-18-23(28(4,5)6)25(29(7,8)9)26(24)30(10,11)12/h15-20H,1-14H3. The second kappa shape index (κ2) is 7.79. The predicted molar refractivity (Wildman–Crippen MR) is 140 cm³/mol. The van der Waals surface area contributed by atoms with Gasteiger partial charge in [-0.3, -0.25) is 0 Å². The fourth-order valence-electron chi connectivity index (χ4n) is 4.84. The zero-order valence-corrected chi connectivity index (χ0v) is 23.0. The predicted octanol–water partition coefficient (Wildman–Crippen LogP) is 9.20. The van der Waals surface area contributed by atoms with Crippen LogP contribution in [0.5, 0.6) is 0 Å². The summed E-state index contributed by atoms with van der Waals surface area (Å²) in [6.07, 6.45) is 0. The third-order valence-corrected chi connectivity index (χ3v) is 6.64. The Hall–Kier alpha value is -1.56. The third-order valence-electron chi connectivity index (χ3n) is 6.64. The van der Waals surface area contributed by atoms with E-state index in [1.807, 2.05) is 0 Å². The van der Waals surface area contributed by atoms with E-state index in [2.05, 4.69) is 133 Å². The molecule has 0 aliphatic heterocycles. The van der Waals surface area contributed by atoms with Gasteiger partial charge in [0.15, 0.2) is 0 Å². The minimum atomic E-state index is -0.0830. The summed E-state index contributed by atoms with van der Waals surface area (Å²) in [4.78, 5) is 0. The second-order valence-corrected chi connectivity index (χ2v) is 14.1. The second-order valence-electron chi connectivity index (χ2n) is 14.1. The van der Waals surface area contributed by atoms with E-state index in [0.717, 1.165) is 0 Å². The highest BCUT2D eigenvalue weighted by molar-refractivity contribution is 5.55. The molecule has 0 atom stereocenters. The maximum absolute atomic E-state index is 2.43. The van der Waals surface area contributed by atoms with Crippen molar-refractivity contribution >= 4 is 0 Å². The van der Waals surface area contributed by atoms with E-state index in [9.17, 15) is 0 Å². The molecule has 0 radical (unpaired) electrons. The largest absolute Gasteiger partial charge is 0.0617 e. The quantitative estimate of drug-likeness (QED) is 0.454. The van der Waals surface area contributed by atoms with E-state index in [0.29, 0.717) is 0 Å². The van der Waals surface area contributed by atoms with E-state index in [4.69, 9.17) is 0 Å². The van der Waals surface area contributed by atoms with Crippen molar-refractivity contribution in [3.05, 3.63) is 69.8 Å². The van der Waals surface area contributed by atoms with Crippen LogP contribution < -0.4 is 0 Å². The summed E-state index contributed by atoms with van der Waals surface area (Å²) in [5, 5.41) is 0. The lowest BCUT2D eigenvalue weighted by Gasteiger charge is -2.41. The van der Waals surface area contributed by atoms with Crippen molar-refractivity contribution in [3.63, 3.8) is 0 Å². The molecule has 2 aromatic carbocycles. The van der Waals surface area contributed by atoms with Crippen molar-refractivity contribution in [1.82, 2.24) is 0 Å². The molecule has 0 unspecified atom stereocenters. The molecule has 0 aromatic heterocycles. The van der Waals surface area contributed by atoms with Gasteiger partial charge in [0.2, 0.25) is 0 Å². The summed E-state index contributed by atoms with van der Waals surface area (Å²) in [6, 6.07) is 14.1. The normalized spacial score (nSPS) is 14.1. The van der Waals surface area contributed by atoms with Crippen molar-refractivity contribution in [2.75, 3.05) is 0 Å². The Morgan fingerprint density at radius 3 is 1.26 bits per heavy atom. The summed E-state index contributed by atoms with van der Waals surface area (Å²) in [5.74, 6) is 0. The lowest BCUT2D eigenvalue weighted by atomic mass is 9.63. The Bertz CT molecular complexity index is 926. The first-order chi connectivity index (χ1) is 13.7. The maximum Gasteiger partial charge on any atom is 0.0149 e. The van der Waals surface area contributed by atoms with Gasteiger partial charge in [-0.05, 0) is 55.0 Å². The Morgan fingerprint density at radius 1 is 0.419 bits per heavy atom. The topological polar surface area (TPSA) is 0 Å². The molecule has 2 aromatic rings. The zero-order chi connectivity index (χ0) is 24.2. The van der Waals surface area contributed by atoms with E-state index < -0.39 is 0 Å². The Balaban J connectivity index is 2.95. The van der Waals surface area contributed by atoms with Crippen LogP contribution in [0.3, 0.4) is 0 Å². The fourth-order valence-corrected chi connectivity index (χ4v) is 4.84. The molecule has 2 rings (SSSR count). The van der Waals surface area contributed by atoms with E-state index in [-0.39, 0.29) is 27.1 Å². The van der Waals surface area contributed by atoms with Crippen LogP contribution in [0.4, 0.5) is 0 Å². The van der Waals surface area contributed by atoms with Gasteiger partial charge in [-0.1, -0.05) is 133 Å². The molecule has 0 heterocycles. The van der Waals surface area contributed by atoms with Gasteiger partial charge in [0.25, 0.3) is 0 Å². The van der Waals surface area contributed by atoms with Gasteiger partial charge in [-0.15, -0.1) is 0 Å². The Labute approximate surface area is 193 Å². The van der Waals surface area contributed by atoms with E-state index in [1.165, 1.54) is 33.4 Å². The van der Waals surface area contributed by atoms with Crippen molar-refractivity contribution < 1.29 is 0 Å². The van der Waals surface area contributed by atoms with Gasteiger partial charge in [0, 0.05) is 5.41 Å². The van der Waals surface area contributed by atoms with Crippen LogP contribution in [-0.4, -0.2) is 0 Å². The molecule has 0 N–H and O–H groups in total. The van der Waals surface area contributed by atoms with Crippen molar-refractivity contribution in [1.29, 1.82) is 0 Å². The molecule has 0 nitrogen and oxygen atoms in total. The zero-order valence-electron chi connectivity index (χ0n) is 23.0. The highest BCUT2D eigenvalue weighted by atomic mass is 14.4. The average Bonchev–Trinajstić information content (AvgIpc) is 2.57. The summed E-state index contributed by atoms with van der Waals surface area (Å²) >= 11 is 0. The molecule has 172 valence electrons. The van der Waals surface area contributed by atoms with Crippen LogP contribution in [0.2, 0.25) is 0 Å². The highest BCUT2D eigenvalue weighted by Crippen LogP contribution is 2.47. The van der Waals surface area contributed by atoms with Gasteiger partial charge in [0.1, 0.15) is 0 Å². The molecule has 0 amide bonds. The lowest BCUT2D eigenvalue weighted by Crippen LogP contribution is -2.33. The van der Waals surface area contributed by atoms with Crippen LogP contribution in [0, 0.1) is 0 Å². The Morgan fingerprint density at radius 2 is 0.839 bits per heavy atom. The first-order valence-electron chi connectivity index (χ1n) is 12.0. The van der Waals surface area contributed by atoms with Crippen LogP contribution in [0.15, 0.2) is 36.4 Å². The molecule has 0 saturated heterocycles. The minimum absolute atomic E-state index is 0.0537. The smallest absolute Gasteiger partial charge is 0.0149 e. The first-order valence-corrected chi connectivity index (χ1v) is 12.0. The van der Waals surface area contributed by atoms with E-state index in [1.54, 1.807) is 0 Å². The molecule has 0 aliphatic rings. The van der Waals surface area contributed by atoms with Gasteiger partial charge < -0.3 is 0 Å². The van der Waals surface area contributed by atoms with Crippen LogP contribution in [0.25, 0.3) is 0 Å². The monoisotopic (exact) mass is 420 g/mol. The van der Waals surface area contributed by atoms with Gasteiger partial charge in [-0.25, -0.2) is 0 Å². The molecule has 0 bridgehead atoms. The number of hydrogen-bond donors (Lipinski definition) is 0. The molecule has 0 spiro atoms. The summed E-state index contributed by atoms with van der Waals surface area (Å²) in [7, 11) is 0. The molecule has 31 heavy (non-hydrogen) atoms. The van der Waals surface area contributed by atoms with Crippen LogP contribution in [0.1, 0.15) is 130 Å².